The minimum atomic E-state index is 0.372. The molecule has 0 radical (unpaired) electrons. The van der Waals surface area contributed by atoms with Crippen molar-refractivity contribution in [2.75, 3.05) is 6.61 Å². The lowest BCUT2D eigenvalue weighted by molar-refractivity contribution is 0.112. The van der Waals surface area contributed by atoms with Crippen molar-refractivity contribution < 1.29 is 14.3 Å². The molecule has 22 heavy (non-hydrogen) atoms. The maximum atomic E-state index is 10.9. The number of aryl methyl sites for hydroxylation is 2. The van der Waals surface area contributed by atoms with E-state index in [9.17, 15) is 4.79 Å². The third-order valence-electron chi connectivity index (χ3n) is 3.42. The molecule has 0 heterocycles. The van der Waals surface area contributed by atoms with Crippen molar-refractivity contribution in [3.63, 3.8) is 0 Å². The molecule has 2 aromatic rings. The second kappa shape index (κ2) is 7.32. The Morgan fingerprint density at radius 2 is 1.86 bits per heavy atom. The van der Waals surface area contributed by atoms with E-state index in [-0.39, 0.29) is 0 Å². The van der Waals surface area contributed by atoms with Crippen LogP contribution >= 0.6 is 11.6 Å². The molecule has 0 fully saturated rings. The predicted molar refractivity (Wildman–Crippen MR) is 88.3 cm³/mol. The Morgan fingerprint density at radius 1 is 1.09 bits per heavy atom. The van der Waals surface area contributed by atoms with Crippen molar-refractivity contribution in [1.29, 1.82) is 0 Å². The second-order valence-corrected chi connectivity index (χ2v) is 5.50. The average Bonchev–Trinajstić information content (AvgIpc) is 2.50. The number of carbonyl (C=O) groups excluding carboxylic acids is 1. The van der Waals surface area contributed by atoms with Gasteiger partial charge in [0.05, 0.1) is 11.6 Å². The van der Waals surface area contributed by atoms with Crippen molar-refractivity contribution in [3.8, 4) is 11.5 Å². The Hall–Kier alpha value is -2.00. The van der Waals surface area contributed by atoms with E-state index in [0.29, 0.717) is 35.3 Å². The zero-order chi connectivity index (χ0) is 16.1. The van der Waals surface area contributed by atoms with E-state index < -0.39 is 0 Å². The van der Waals surface area contributed by atoms with Gasteiger partial charge in [-0.25, -0.2) is 0 Å². The number of hydrogen-bond donors (Lipinski definition) is 0. The molecule has 116 valence electrons. The van der Waals surface area contributed by atoms with Crippen LogP contribution in [0.5, 0.6) is 11.5 Å². The van der Waals surface area contributed by atoms with Crippen LogP contribution in [0.2, 0.25) is 5.02 Å². The molecule has 0 aliphatic carbocycles. The summed E-state index contributed by atoms with van der Waals surface area (Å²) in [5.41, 5.74) is 3.98. The Balaban J connectivity index is 2.24. The van der Waals surface area contributed by atoms with Crippen molar-refractivity contribution >= 4 is 17.9 Å². The molecule has 0 N–H and O–H groups in total. The maximum Gasteiger partial charge on any atom is 0.180 e. The van der Waals surface area contributed by atoms with Gasteiger partial charge < -0.3 is 9.47 Å². The fourth-order valence-electron chi connectivity index (χ4n) is 2.11. The van der Waals surface area contributed by atoms with Crippen molar-refractivity contribution in [2.24, 2.45) is 0 Å². The van der Waals surface area contributed by atoms with Gasteiger partial charge >= 0.3 is 0 Å². The first-order valence-corrected chi connectivity index (χ1v) is 7.53. The van der Waals surface area contributed by atoms with E-state index in [1.807, 2.05) is 13.0 Å². The molecule has 0 aromatic heterocycles. The standard InChI is InChI=1S/C18H19ClO3/c1-4-21-17-9-15(10-20)8-16(19)18(17)22-11-14-6-5-12(2)13(3)7-14/h5-10H,4,11H2,1-3H3. The molecule has 2 aromatic carbocycles. The van der Waals surface area contributed by atoms with Crippen LogP contribution in [0.15, 0.2) is 30.3 Å². The molecule has 0 spiro atoms. The largest absolute Gasteiger partial charge is 0.490 e. The summed E-state index contributed by atoms with van der Waals surface area (Å²) in [6.45, 7) is 6.87. The minimum Gasteiger partial charge on any atom is -0.490 e. The Bertz CT molecular complexity index is 680. The van der Waals surface area contributed by atoms with Crippen LogP contribution in [0.1, 0.15) is 34.0 Å². The average molecular weight is 319 g/mol. The van der Waals surface area contributed by atoms with Crippen LogP contribution < -0.4 is 9.47 Å². The molecular weight excluding hydrogens is 300 g/mol. The lowest BCUT2D eigenvalue weighted by Gasteiger charge is -2.14. The molecule has 0 atom stereocenters. The Kier molecular flexibility index (Phi) is 5.45. The second-order valence-electron chi connectivity index (χ2n) is 5.09. The van der Waals surface area contributed by atoms with Crippen LogP contribution in [-0.2, 0) is 6.61 Å². The van der Waals surface area contributed by atoms with E-state index in [0.717, 1.165) is 11.8 Å². The summed E-state index contributed by atoms with van der Waals surface area (Å²) in [6, 6.07) is 9.39. The highest BCUT2D eigenvalue weighted by Gasteiger charge is 2.13. The van der Waals surface area contributed by atoms with Crippen molar-refractivity contribution in [2.45, 2.75) is 27.4 Å². The number of benzene rings is 2. The summed E-state index contributed by atoms with van der Waals surface area (Å²) in [5, 5.41) is 0.372. The van der Waals surface area contributed by atoms with Gasteiger partial charge in [-0.2, -0.15) is 0 Å². The van der Waals surface area contributed by atoms with Crippen LogP contribution in [0.4, 0.5) is 0 Å². The number of rotatable bonds is 6. The molecule has 4 heteroatoms. The lowest BCUT2D eigenvalue weighted by atomic mass is 10.1. The van der Waals surface area contributed by atoms with Gasteiger partial charge in [-0.15, -0.1) is 0 Å². The highest BCUT2D eigenvalue weighted by molar-refractivity contribution is 6.32. The summed E-state index contributed by atoms with van der Waals surface area (Å²) in [5.74, 6) is 0.952. The first-order chi connectivity index (χ1) is 10.5. The van der Waals surface area contributed by atoms with Gasteiger partial charge in [0, 0.05) is 5.56 Å². The molecule has 0 aliphatic heterocycles. The first kappa shape index (κ1) is 16.4. The van der Waals surface area contributed by atoms with Gasteiger partial charge in [-0.1, -0.05) is 29.8 Å². The van der Waals surface area contributed by atoms with E-state index in [1.54, 1.807) is 12.1 Å². The highest BCUT2D eigenvalue weighted by Crippen LogP contribution is 2.36. The topological polar surface area (TPSA) is 35.5 Å². The molecule has 0 unspecified atom stereocenters. The van der Waals surface area contributed by atoms with E-state index >= 15 is 0 Å². The molecule has 0 saturated carbocycles. The smallest absolute Gasteiger partial charge is 0.180 e. The zero-order valence-electron chi connectivity index (χ0n) is 13.0. The Morgan fingerprint density at radius 3 is 2.50 bits per heavy atom. The summed E-state index contributed by atoms with van der Waals surface area (Å²) < 4.78 is 11.4. The molecule has 0 bridgehead atoms. The first-order valence-electron chi connectivity index (χ1n) is 7.15. The SMILES string of the molecule is CCOc1cc(C=O)cc(Cl)c1OCc1ccc(C)c(C)c1. The maximum absolute atomic E-state index is 10.9. The number of halogens is 1. The molecule has 2 rings (SSSR count). The summed E-state index contributed by atoms with van der Waals surface area (Å²) in [4.78, 5) is 10.9. The van der Waals surface area contributed by atoms with Crippen molar-refractivity contribution in [1.82, 2.24) is 0 Å². The summed E-state index contributed by atoms with van der Waals surface area (Å²) in [7, 11) is 0. The minimum absolute atomic E-state index is 0.372. The van der Waals surface area contributed by atoms with E-state index in [1.165, 1.54) is 11.1 Å². The van der Waals surface area contributed by atoms with Crippen LogP contribution in [0, 0.1) is 13.8 Å². The molecule has 0 amide bonds. The molecule has 0 saturated heterocycles. The number of carbonyl (C=O) groups is 1. The van der Waals surface area contributed by atoms with E-state index in [4.69, 9.17) is 21.1 Å². The molecular formula is C18H19ClO3. The van der Waals surface area contributed by atoms with Crippen molar-refractivity contribution in [3.05, 3.63) is 57.6 Å². The van der Waals surface area contributed by atoms with Crippen LogP contribution in [-0.4, -0.2) is 12.9 Å². The zero-order valence-corrected chi connectivity index (χ0v) is 13.7. The molecule has 3 nitrogen and oxygen atoms in total. The number of ether oxygens (including phenoxy) is 2. The monoisotopic (exact) mass is 318 g/mol. The van der Waals surface area contributed by atoms with Crippen LogP contribution in [0.3, 0.4) is 0 Å². The summed E-state index contributed by atoms with van der Waals surface area (Å²) in [6.07, 6.45) is 0.738. The third-order valence-corrected chi connectivity index (χ3v) is 3.70. The molecule has 0 aliphatic rings. The quantitative estimate of drug-likeness (QED) is 0.721. The highest BCUT2D eigenvalue weighted by atomic mass is 35.5. The van der Waals surface area contributed by atoms with Gasteiger partial charge in [-0.05, 0) is 49.6 Å². The van der Waals surface area contributed by atoms with Gasteiger partial charge in [0.2, 0.25) is 0 Å². The van der Waals surface area contributed by atoms with Gasteiger partial charge in [0.25, 0.3) is 0 Å². The number of aldehydes is 1. The fourth-order valence-corrected chi connectivity index (χ4v) is 2.38. The van der Waals surface area contributed by atoms with Gasteiger partial charge in [0.15, 0.2) is 11.5 Å². The Labute approximate surface area is 135 Å². The predicted octanol–water partition coefficient (Wildman–Crippen LogP) is 4.75. The third kappa shape index (κ3) is 3.80. The fraction of sp³-hybridized carbons (Fsp3) is 0.278. The number of hydrogen-bond acceptors (Lipinski definition) is 3. The van der Waals surface area contributed by atoms with E-state index in [2.05, 4.69) is 26.0 Å². The summed E-state index contributed by atoms with van der Waals surface area (Å²) >= 11 is 6.21. The van der Waals surface area contributed by atoms with Gasteiger partial charge in [0.1, 0.15) is 12.9 Å². The lowest BCUT2D eigenvalue weighted by Crippen LogP contribution is -2.01. The normalized spacial score (nSPS) is 10.4. The van der Waals surface area contributed by atoms with Crippen LogP contribution in [0.25, 0.3) is 0 Å². The van der Waals surface area contributed by atoms with Gasteiger partial charge in [-0.3, -0.25) is 4.79 Å².